The molecule has 0 atom stereocenters. The third-order valence-electron chi connectivity index (χ3n) is 4.12. The van der Waals surface area contributed by atoms with E-state index in [2.05, 4.69) is 33.1 Å². The van der Waals surface area contributed by atoms with Gasteiger partial charge in [0.05, 0.1) is 5.56 Å². The number of hydrogen-bond acceptors (Lipinski definition) is 6. The van der Waals surface area contributed by atoms with Gasteiger partial charge in [-0.3, -0.25) is 9.78 Å². The third kappa shape index (κ3) is 3.72. The van der Waals surface area contributed by atoms with Crippen molar-refractivity contribution >= 4 is 22.6 Å². The number of anilines is 1. The Balaban J connectivity index is 1.67. The molecule has 0 N–H and O–H groups in total. The molecule has 0 unspecified atom stereocenters. The standard InChI is InChI=1S/C17H23N5OS/c1-12(2)15-19-17(24-20-15)22-6-4-5-21(7-8-22)16(23)14-9-13(3)10-18-11-14/h9-12H,4-8H2,1-3H3. The number of aryl methyl sites for hydroxylation is 1. The molecular formula is C17H23N5OS. The van der Waals surface area contributed by atoms with Gasteiger partial charge in [-0.1, -0.05) is 13.8 Å². The van der Waals surface area contributed by atoms with Gasteiger partial charge in [0.15, 0.2) is 0 Å². The van der Waals surface area contributed by atoms with Crippen LogP contribution in [0.2, 0.25) is 0 Å². The van der Waals surface area contributed by atoms with Crippen LogP contribution in [0.5, 0.6) is 0 Å². The molecule has 2 aromatic heterocycles. The van der Waals surface area contributed by atoms with E-state index in [1.165, 1.54) is 11.5 Å². The molecule has 1 aliphatic rings. The van der Waals surface area contributed by atoms with Crippen LogP contribution in [0.1, 0.15) is 47.9 Å². The van der Waals surface area contributed by atoms with Crippen molar-refractivity contribution in [2.24, 2.45) is 0 Å². The Morgan fingerprint density at radius 1 is 1.21 bits per heavy atom. The van der Waals surface area contributed by atoms with Crippen molar-refractivity contribution in [3.8, 4) is 0 Å². The van der Waals surface area contributed by atoms with E-state index in [0.717, 1.165) is 42.6 Å². The van der Waals surface area contributed by atoms with Crippen LogP contribution in [0.4, 0.5) is 5.13 Å². The molecule has 6 nitrogen and oxygen atoms in total. The molecule has 7 heteroatoms. The molecule has 2 aromatic rings. The topological polar surface area (TPSA) is 62.2 Å². The monoisotopic (exact) mass is 345 g/mol. The first-order chi connectivity index (χ1) is 11.5. The van der Waals surface area contributed by atoms with Crippen molar-refractivity contribution in [1.29, 1.82) is 0 Å². The summed E-state index contributed by atoms with van der Waals surface area (Å²) in [7, 11) is 0. The summed E-state index contributed by atoms with van der Waals surface area (Å²) in [5.41, 5.74) is 1.67. The average molecular weight is 345 g/mol. The number of rotatable bonds is 3. The highest BCUT2D eigenvalue weighted by Crippen LogP contribution is 2.22. The summed E-state index contributed by atoms with van der Waals surface area (Å²) in [5, 5.41) is 0.963. The molecule has 0 saturated carbocycles. The minimum Gasteiger partial charge on any atom is -0.345 e. The van der Waals surface area contributed by atoms with E-state index >= 15 is 0 Å². The molecule has 3 rings (SSSR count). The minimum atomic E-state index is 0.0631. The normalized spacial score (nSPS) is 15.7. The largest absolute Gasteiger partial charge is 0.345 e. The van der Waals surface area contributed by atoms with Gasteiger partial charge in [0.2, 0.25) is 5.13 Å². The van der Waals surface area contributed by atoms with Gasteiger partial charge in [0, 0.05) is 56.0 Å². The Bertz CT molecular complexity index is 715. The molecule has 3 heterocycles. The Labute approximate surface area is 146 Å². The zero-order valence-electron chi connectivity index (χ0n) is 14.4. The number of pyridine rings is 1. The lowest BCUT2D eigenvalue weighted by molar-refractivity contribution is 0.0766. The van der Waals surface area contributed by atoms with E-state index in [9.17, 15) is 4.79 Å². The van der Waals surface area contributed by atoms with E-state index in [4.69, 9.17) is 0 Å². The molecule has 1 aliphatic heterocycles. The van der Waals surface area contributed by atoms with Gasteiger partial charge in [-0.2, -0.15) is 4.37 Å². The minimum absolute atomic E-state index is 0.0631. The van der Waals surface area contributed by atoms with Crippen molar-refractivity contribution in [2.75, 3.05) is 31.1 Å². The zero-order chi connectivity index (χ0) is 17.1. The Morgan fingerprint density at radius 3 is 2.75 bits per heavy atom. The van der Waals surface area contributed by atoms with Gasteiger partial charge >= 0.3 is 0 Å². The second-order valence-corrected chi connectivity index (χ2v) is 7.20. The number of hydrogen-bond donors (Lipinski definition) is 0. The van der Waals surface area contributed by atoms with E-state index in [1.54, 1.807) is 12.4 Å². The smallest absolute Gasteiger partial charge is 0.255 e. The van der Waals surface area contributed by atoms with Gasteiger partial charge < -0.3 is 9.80 Å². The quantitative estimate of drug-likeness (QED) is 0.856. The maximum atomic E-state index is 12.7. The van der Waals surface area contributed by atoms with Gasteiger partial charge in [-0.25, -0.2) is 4.98 Å². The number of carbonyl (C=O) groups is 1. The van der Waals surface area contributed by atoms with Gasteiger partial charge in [0.25, 0.3) is 5.91 Å². The maximum Gasteiger partial charge on any atom is 0.255 e. The predicted molar refractivity (Wildman–Crippen MR) is 95.7 cm³/mol. The summed E-state index contributed by atoms with van der Waals surface area (Å²) in [6.07, 6.45) is 4.35. The van der Waals surface area contributed by atoms with Crippen LogP contribution in [0.3, 0.4) is 0 Å². The van der Waals surface area contributed by atoms with Gasteiger partial charge in [0.1, 0.15) is 5.82 Å². The molecular weight excluding hydrogens is 322 g/mol. The first-order valence-electron chi connectivity index (χ1n) is 8.34. The highest BCUT2D eigenvalue weighted by Gasteiger charge is 2.22. The molecule has 1 saturated heterocycles. The lowest BCUT2D eigenvalue weighted by Crippen LogP contribution is -2.35. The van der Waals surface area contributed by atoms with Crippen LogP contribution in [0, 0.1) is 6.92 Å². The lowest BCUT2D eigenvalue weighted by Gasteiger charge is -2.21. The molecule has 0 bridgehead atoms. The summed E-state index contributed by atoms with van der Waals surface area (Å²) in [6, 6.07) is 1.90. The second-order valence-electron chi connectivity index (χ2n) is 6.47. The maximum absolute atomic E-state index is 12.7. The summed E-state index contributed by atoms with van der Waals surface area (Å²) in [6.45, 7) is 9.31. The van der Waals surface area contributed by atoms with E-state index < -0.39 is 0 Å². The predicted octanol–water partition coefficient (Wildman–Crippen LogP) is 2.72. The van der Waals surface area contributed by atoms with Gasteiger partial charge in [-0.05, 0) is 25.0 Å². The molecule has 128 valence electrons. The molecule has 1 amide bonds. The Kier molecular flexibility index (Phi) is 5.08. The van der Waals surface area contributed by atoms with Crippen LogP contribution >= 0.6 is 11.5 Å². The summed E-state index contributed by atoms with van der Waals surface area (Å²) < 4.78 is 4.43. The fourth-order valence-electron chi connectivity index (χ4n) is 2.76. The SMILES string of the molecule is Cc1cncc(C(=O)N2CCCN(c3nc(C(C)C)ns3)CC2)c1. The number of amides is 1. The molecule has 1 fully saturated rings. The third-order valence-corrected chi connectivity index (χ3v) is 4.91. The van der Waals surface area contributed by atoms with Gasteiger partial charge in [-0.15, -0.1) is 0 Å². The van der Waals surface area contributed by atoms with E-state index in [1.807, 2.05) is 17.9 Å². The molecule has 0 aliphatic carbocycles. The van der Waals surface area contributed by atoms with Crippen molar-refractivity contribution < 1.29 is 4.79 Å². The van der Waals surface area contributed by atoms with Crippen LogP contribution in [0.15, 0.2) is 18.5 Å². The fraction of sp³-hybridized carbons (Fsp3) is 0.529. The van der Waals surface area contributed by atoms with E-state index in [0.29, 0.717) is 18.0 Å². The summed E-state index contributed by atoms with van der Waals surface area (Å²) in [4.78, 5) is 25.6. The lowest BCUT2D eigenvalue weighted by atomic mass is 10.2. The van der Waals surface area contributed by atoms with Crippen LogP contribution < -0.4 is 4.90 Å². The van der Waals surface area contributed by atoms with Crippen molar-refractivity contribution in [3.63, 3.8) is 0 Å². The first kappa shape index (κ1) is 16.8. The summed E-state index contributed by atoms with van der Waals surface area (Å²) >= 11 is 1.45. The summed E-state index contributed by atoms with van der Waals surface area (Å²) in [5.74, 6) is 1.31. The average Bonchev–Trinajstić information content (AvgIpc) is 2.93. The molecule has 0 spiro atoms. The van der Waals surface area contributed by atoms with Crippen molar-refractivity contribution in [1.82, 2.24) is 19.2 Å². The number of carbonyl (C=O) groups excluding carboxylic acids is 1. The van der Waals surface area contributed by atoms with E-state index in [-0.39, 0.29) is 5.91 Å². The molecule has 0 aromatic carbocycles. The Morgan fingerprint density at radius 2 is 2.04 bits per heavy atom. The molecule has 24 heavy (non-hydrogen) atoms. The zero-order valence-corrected chi connectivity index (χ0v) is 15.2. The number of aromatic nitrogens is 3. The first-order valence-corrected chi connectivity index (χ1v) is 9.11. The van der Waals surface area contributed by atoms with Crippen LogP contribution in [0.25, 0.3) is 0 Å². The fourth-order valence-corrected chi connectivity index (χ4v) is 3.61. The Hall–Kier alpha value is -2.02. The highest BCUT2D eigenvalue weighted by molar-refractivity contribution is 7.09. The van der Waals surface area contributed by atoms with Crippen LogP contribution in [-0.4, -0.2) is 51.3 Å². The van der Waals surface area contributed by atoms with Crippen molar-refractivity contribution in [2.45, 2.75) is 33.1 Å². The second kappa shape index (κ2) is 7.25. The molecule has 0 radical (unpaired) electrons. The number of nitrogens with zero attached hydrogens (tertiary/aromatic N) is 5. The highest BCUT2D eigenvalue weighted by atomic mass is 32.1. The van der Waals surface area contributed by atoms with Crippen molar-refractivity contribution in [3.05, 3.63) is 35.4 Å². The van der Waals surface area contributed by atoms with Crippen LogP contribution in [-0.2, 0) is 0 Å².